The molecule has 33 heavy (non-hydrogen) atoms. The second-order valence-corrected chi connectivity index (χ2v) is 11.4. The highest BCUT2D eigenvalue weighted by Crippen LogP contribution is 2.19. The van der Waals surface area contributed by atoms with Crippen LogP contribution in [0.1, 0.15) is 13.8 Å². The number of sulfonamides is 2. The van der Waals surface area contributed by atoms with Crippen LogP contribution in [0, 0.1) is 0 Å². The summed E-state index contributed by atoms with van der Waals surface area (Å²) in [5, 5.41) is 2.76. The maximum Gasteiger partial charge on any atom is 0.244 e. The Morgan fingerprint density at radius 2 is 1.61 bits per heavy atom. The van der Waals surface area contributed by atoms with E-state index < -0.39 is 20.0 Å². The molecule has 10 nitrogen and oxygen atoms in total. The van der Waals surface area contributed by atoms with Gasteiger partial charge in [-0.05, 0) is 36.4 Å². The Hall–Kier alpha value is -2.38. The number of hydrogen-bond donors (Lipinski definition) is 1. The number of rotatable bonds is 9. The highest BCUT2D eigenvalue weighted by molar-refractivity contribution is 7.89. The van der Waals surface area contributed by atoms with Crippen LogP contribution in [-0.2, 0) is 24.8 Å². The van der Waals surface area contributed by atoms with Crippen molar-refractivity contribution in [3.63, 3.8) is 0 Å². The van der Waals surface area contributed by atoms with Gasteiger partial charge in [-0.1, -0.05) is 13.8 Å². The van der Waals surface area contributed by atoms with Crippen molar-refractivity contribution in [3.8, 4) is 0 Å². The lowest BCUT2D eigenvalue weighted by atomic mass is 10.3. The van der Waals surface area contributed by atoms with Gasteiger partial charge in [0.15, 0.2) is 0 Å². The van der Waals surface area contributed by atoms with Gasteiger partial charge in [0.2, 0.25) is 26.0 Å². The number of hydrogen-bond acceptors (Lipinski definition) is 7. The second kappa shape index (κ2) is 10.7. The van der Waals surface area contributed by atoms with Gasteiger partial charge in [0.1, 0.15) is 4.90 Å². The number of nitrogens with zero attached hydrogens (tertiary/aromatic N) is 4. The molecule has 2 aromatic rings. The van der Waals surface area contributed by atoms with Crippen LogP contribution in [-0.4, -0.2) is 87.1 Å². The van der Waals surface area contributed by atoms with Gasteiger partial charge in [-0.25, -0.2) is 16.8 Å². The van der Waals surface area contributed by atoms with Gasteiger partial charge in [-0.3, -0.25) is 14.7 Å². The van der Waals surface area contributed by atoms with Crippen molar-refractivity contribution < 1.29 is 21.6 Å². The van der Waals surface area contributed by atoms with E-state index in [1.54, 1.807) is 32.0 Å². The summed E-state index contributed by atoms with van der Waals surface area (Å²) in [5.74, 6) is -0.252. The average molecular weight is 496 g/mol. The van der Waals surface area contributed by atoms with E-state index in [0.29, 0.717) is 31.9 Å². The third-order valence-corrected chi connectivity index (χ3v) is 9.40. The zero-order valence-electron chi connectivity index (χ0n) is 18.7. The molecule has 180 valence electrons. The summed E-state index contributed by atoms with van der Waals surface area (Å²) in [5.41, 5.74) is 0.497. The minimum Gasteiger partial charge on any atom is -0.325 e. The number of amides is 1. The maximum absolute atomic E-state index is 12.7. The predicted molar refractivity (Wildman–Crippen MR) is 125 cm³/mol. The summed E-state index contributed by atoms with van der Waals surface area (Å²) >= 11 is 0. The lowest BCUT2D eigenvalue weighted by molar-refractivity contribution is -0.117. The quantitative estimate of drug-likeness (QED) is 0.552. The molecule has 1 fully saturated rings. The smallest absolute Gasteiger partial charge is 0.244 e. The monoisotopic (exact) mass is 495 g/mol. The van der Waals surface area contributed by atoms with Gasteiger partial charge in [0.05, 0.1) is 11.4 Å². The van der Waals surface area contributed by atoms with Crippen molar-refractivity contribution in [2.24, 2.45) is 0 Å². The first-order chi connectivity index (χ1) is 15.7. The number of anilines is 1. The second-order valence-electron chi connectivity index (χ2n) is 7.53. The van der Waals surface area contributed by atoms with Crippen LogP contribution < -0.4 is 5.32 Å². The SMILES string of the molecule is CCN(CC)S(=O)(=O)c1ccc(NC(=O)CN2CCN(S(=O)(=O)c3cccnc3)CC2)cc1. The fourth-order valence-electron chi connectivity index (χ4n) is 3.60. The molecule has 1 saturated heterocycles. The summed E-state index contributed by atoms with van der Waals surface area (Å²) in [6.45, 7) is 5.85. The molecule has 2 heterocycles. The number of benzene rings is 1. The Bertz CT molecular complexity index is 1140. The summed E-state index contributed by atoms with van der Waals surface area (Å²) in [7, 11) is -7.15. The lowest BCUT2D eigenvalue weighted by Gasteiger charge is -2.33. The van der Waals surface area contributed by atoms with Gasteiger partial charge >= 0.3 is 0 Å². The molecule has 0 atom stereocenters. The first-order valence-electron chi connectivity index (χ1n) is 10.7. The first-order valence-corrected chi connectivity index (χ1v) is 13.6. The van der Waals surface area contributed by atoms with Crippen LogP contribution in [0.25, 0.3) is 0 Å². The maximum atomic E-state index is 12.7. The van der Waals surface area contributed by atoms with Gasteiger partial charge in [0.25, 0.3) is 0 Å². The summed E-state index contributed by atoms with van der Waals surface area (Å²) in [4.78, 5) is 18.5. The van der Waals surface area contributed by atoms with Gasteiger partial charge < -0.3 is 5.32 Å². The normalized spacial score (nSPS) is 16.1. The van der Waals surface area contributed by atoms with Crippen LogP contribution in [0.2, 0.25) is 0 Å². The van der Waals surface area contributed by atoms with Crippen molar-refractivity contribution >= 4 is 31.6 Å². The highest BCUT2D eigenvalue weighted by atomic mass is 32.2. The van der Waals surface area contributed by atoms with E-state index in [9.17, 15) is 21.6 Å². The van der Waals surface area contributed by atoms with Crippen LogP contribution in [0.15, 0.2) is 58.6 Å². The molecular weight excluding hydrogens is 466 g/mol. The Morgan fingerprint density at radius 1 is 0.970 bits per heavy atom. The molecule has 0 bridgehead atoms. The molecule has 1 N–H and O–H groups in total. The third kappa shape index (κ3) is 5.95. The minimum absolute atomic E-state index is 0.111. The first kappa shape index (κ1) is 25.2. The number of pyridine rings is 1. The summed E-state index contributed by atoms with van der Waals surface area (Å²) in [6.07, 6.45) is 2.85. The van der Waals surface area contributed by atoms with Gasteiger partial charge in [0, 0.05) is 57.3 Å². The van der Waals surface area contributed by atoms with Gasteiger partial charge in [-0.15, -0.1) is 0 Å². The predicted octanol–water partition coefficient (Wildman–Crippen LogP) is 1.06. The molecule has 0 spiro atoms. The Balaban J connectivity index is 1.53. The number of carbonyl (C=O) groups excluding carboxylic acids is 1. The zero-order chi connectivity index (χ0) is 24.1. The van der Waals surface area contributed by atoms with E-state index in [1.807, 2.05) is 4.90 Å². The van der Waals surface area contributed by atoms with Crippen LogP contribution in [0.3, 0.4) is 0 Å². The zero-order valence-corrected chi connectivity index (χ0v) is 20.3. The average Bonchev–Trinajstić information content (AvgIpc) is 2.81. The van der Waals surface area contributed by atoms with Crippen LogP contribution in [0.5, 0.6) is 0 Å². The molecule has 1 aromatic heterocycles. The molecule has 0 saturated carbocycles. The Morgan fingerprint density at radius 3 is 2.15 bits per heavy atom. The van der Waals surface area contributed by atoms with E-state index in [4.69, 9.17) is 0 Å². The molecular formula is C21H29N5O5S2. The molecule has 1 aromatic carbocycles. The van der Waals surface area contributed by atoms with E-state index in [0.717, 1.165) is 0 Å². The fraction of sp³-hybridized carbons (Fsp3) is 0.429. The molecule has 0 aliphatic carbocycles. The van der Waals surface area contributed by atoms with Gasteiger partial charge in [-0.2, -0.15) is 8.61 Å². The molecule has 1 aliphatic heterocycles. The number of nitrogens with one attached hydrogen (secondary N) is 1. The van der Waals surface area contributed by atoms with Crippen molar-refractivity contribution in [2.75, 3.05) is 51.1 Å². The van der Waals surface area contributed by atoms with Crippen LogP contribution in [0.4, 0.5) is 5.69 Å². The standard InChI is InChI=1S/C21H29N5O5S2/c1-3-25(4-2)32(28,29)19-9-7-18(8-10-19)23-21(27)17-24-12-14-26(15-13-24)33(30,31)20-6-5-11-22-16-20/h5-11,16H,3-4,12-15,17H2,1-2H3,(H,23,27). The van der Waals surface area contributed by atoms with E-state index >= 15 is 0 Å². The van der Waals surface area contributed by atoms with Crippen LogP contribution >= 0.6 is 0 Å². The minimum atomic E-state index is -3.60. The molecule has 1 amide bonds. The fourth-order valence-corrected chi connectivity index (χ4v) is 6.45. The number of piperazine rings is 1. The van der Waals surface area contributed by atoms with Crippen molar-refractivity contribution in [1.29, 1.82) is 0 Å². The van der Waals surface area contributed by atoms with Crippen molar-refractivity contribution in [2.45, 2.75) is 23.6 Å². The summed E-state index contributed by atoms with van der Waals surface area (Å²) < 4.78 is 53.2. The summed E-state index contributed by atoms with van der Waals surface area (Å²) in [6, 6.07) is 9.18. The third-order valence-electron chi connectivity index (χ3n) is 5.45. The Kier molecular flexibility index (Phi) is 8.19. The molecule has 1 aliphatic rings. The number of carbonyl (C=O) groups is 1. The largest absolute Gasteiger partial charge is 0.325 e. The van der Waals surface area contributed by atoms with Crippen molar-refractivity contribution in [1.82, 2.24) is 18.5 Å². The van der Waals surface area contributed by atoms with E-state index in [-0.39, 0.29) is 35.3 Å². The topological polar surface area (TPSA) is 120 Å². The molecule has 0 unspecified atom stereocenters. The Labute approximate surface area is 195 Å². The molecule has 12 heteroatoms. The molecule has 0 radical (unpaired) electrons. The van der Waals surface area contributed by atoms with E-state index in [2.05, 4.69) is 10.3 Å². The lowest BCUT2D eigenvalue weighted by Crippen LogP contribution is -2.50. The number of aromatic nitrogens is 1. The highest BCUT2D eigenvalue weighted by Gasteiger charge is 2.29. The molecule has 3 rings (SSSR count). The van der Waals surface area contributed by atoms with E-state index in [1.165, 1.54) is 39.2 Å². The van der Waals surface area contributed by atoms with Crippen molar-refractivity contribution in [3.05, 3.63) is 48.8 Å².